The molecule has 1 aliphatic rings. The minimum absolute atomic E-state index is 0.0724. The molecule has 0 radical (unpaired) electrons. The summed E-state index contributed by atoms with van der Waals surface area (Å²) in [6, 6.07) is 11.9. The topological polar surface area (TPSA) is 71.2 Å². The third kappa shape index (κ3) is 3.74. The molecular weight excluding hydrogens is 450 g/mol. The van der Waals surface area contributed by atoms with Crippen molar-refractivity contribution in [1.29, 1.82) is 0 Å². The monoisotopic (exact) mass is 471 g/mol. The van der Waals surface area contributed by atoms with Crippen molar-refractivity contribution in [1.82, 2.24) is 14.5 Å². The highest BCUT2D eigenvalue weighted by Gasteiger charge is 2.41. The first-order chi connectivity index (χ1) is 15.9. The Labute approximate surface area is 192 Å². The molecule has 0 saturated carbocycles. The van der Waals surface area contributed by atoms with Gasteiger partial charge < -0.3 is 14.8 Å². The molecule has 5 nitrogen and oxygen atoms in total. The van der Waals surface area contributed by atoms with Crippen LogP contribution in [-0.2, 0) is 11.8 Å². The molecule has 3 heterocycles. The summed E-state index contributed by atoms with van der Waals surface area (Å²) in [5.41, 5.74) is 0.489. The number of hydrogen-bond donors (Lipinski definition) is 2. The van der Waals surface area contributed by atoms with Crippen LogP contribution in [0.1, 0.15) is 54.9 Å². The van der Waals surface area contributed by atoms with Crippen LogP contribution in [0.25, 0.3) is 22.4 Å². The number of fused-ring (bicyclic) bond motifs is 3. The first-order valence-electron chi connectivity index (χ1n) is 10.7. The molecule has 4 aromatic rings. The Morgan fingerprint density at radius 2 is 1.68 bits per heavy atom. The molecule has 0 bridgehead atoms. The van der Waals surface area contributed by atoms with E-state index in [1.165, 1.54) is 4.57 Å². The summed E-state index contributed by atoms with van der Waals surface area (Å²) in [7, 11) is 0. The van der Waals surface area contributed by atoms with E-state index in [4.69, 9.17) is 0 Å². The minimum Gasteiger partial charge on any atom is -0.386 e. The summed E-state index contributed by atoms with van der Waals surface area (Å²) in [5, 5.41) is 20.7. The molecule has 0 spiro atoms. The van der Waals surface area contributed by atoms with E-state index in [0.717, 1.165) is 29.3 Å². The Balaban J connectivity index is 1.65. The van der Waals surface area contributed by atoms with Crippen molar-refractivity contribution in [3.05, 3.63) is 82.9 Å². The van der Waals surface area contributed by atoms with Crippen molar-refractivity contribution in [3.8, 4) is 11.3 Å². The number of rotatable bonds is 3. The summed E-state index contributed by atoms with van der Waals surface area (Å²) in [5.74, 6) is -0.602. The summed E-state index contributed by atoms with van der Waals surface area (Å²) in [4.78, 5) is 9.03. The third-order valence-electron chi connectivity index (χ3n) is 6.19. The van der Waals surface area contributed by atoms with Crippen LogP contribution in [0.4, 0.5) is 17.6 Å². The number of pyridine rings is 1. The maximum Gasteiger partial charge on any atom is 0.416 e. The van der Waals surface area contributed by atoms with Gasteiger partial charge in [-0.1, -0.05) is 24.3 Å². The van der Waals surface area contributed by atoms with E-state index in [1.54, 1.807) is 50.2 Å². The first kappa shape index (κ1) is 22.5. The van der Waals surface area contributed by atoms with E-state index in [2.05, 4.69) is 9.97 Å². The van der Waals surface area contributed by atoms with Gasteiger partial charge in [0.1, 0.15) is 23.3 Å². The Morgan fingerprint density at radius 1 is 0.971 bits per heavy atom. The highest BCUT2D eigenvalue weighted by Crippen LogP contribution is 2.45. The largest absolute Gasteiger partial charge is 0.416 e. The zero-order valence-corrected chi connectivity index (χ0v) is 18.3. The van der Waals surface area contributed by atoms with Gasteiger partial charge in [0.25, 0.3) is 0 Å². The van der Waals surface area contributed by atoms with Crippen LogP contribution >= 0.6 is 0 Å². The molecule has 0 saturated heterocycles. The molecular formula is C25H21F4N3O2. The number of aliphatic hydroxyl groups excluding tert-OH is 1. The summed E-state index contributed by atoms with van der Waals surface area (Å²) in [6.45, 7) is 3.35. The second-order valence-corrected chi connectivity index (χ2v) is 9.01. The Kier molecular flexibility index (Phi) is 5.03. The van der Waals surface area contributed by atoms with Gasteiger partial charge in [0.2, 0.25) is 0 Å². The van der Waals surface area contributed by atoms with Crippen molar-refractivity contribution in [2.45, 2.75) is 44.2 Å². The fourth-order valence-electron chi connectivity index (χ4n) is 4.50. The molecule has 2 N–H and O–H groups in total. The lowest BCUT2D eigenvalue weighted by Gasteiger charge is -2.20. The number of nitrogens with zero attached hydrogens (tertiary/aromatic N) is 3. The van der Waals surface area contributed by atoms with Crippen molar-refractivity contribution < 1.29 is 27.8 Å². The number of alkyl halides is 3. The molecule has 0 fully saturated rings. The molecule has 2 unspecified atom stereocenters. The molecule has 2 aromatic heterocycles. The lowest BCUT2D eigenvalue weighted by molar-refractivity contribution is -0.138. The molecule has 34 heavy (non-hydrogen) atoms. The third-order valence-corrected chi connectivity index (χ3v) is 6.19. The highest BCUT2D eigenvalue weighted by atomic mass is 19.4. The number of imidazole rings is 1. The van der Waals surface area contributed by atoms with Gasteiger partial charge in [-0.05, 0) is 55.3 Å². The second kappa shape index (κ2) is 7.61. The molecule has 2 aromatic carbocycles. The van der Waals surface area contributed by atoms with E-state index in [-0.39, 0.29) is 17.8 Å². The molecule has 0 aliphatic carbocycles. The van der Waals surface area contributed by atoms with Gasteiger partial charge in [-0.25, -0.2) is 14.4 Å². The number of aromatic nitrogens is 3. The molecule has 176 valence electrons. The number of benzene rings is 2. The minimum atomic E-state index is -4.69. The van der Waals surface area contributed by atoms with Gasteiger partial charge in [0.05, 0.1) is 22.9 Å². The normalized spacial score (nSPS) is 18.5. The number of hydrogen-bond acceptors (Lipinski definition) is 4. The molecule has 9 heteroatoms. The maximum atomic E-state index is 14.0. The molecule has 5 rings (SSSR count). The first-order valence-corrected chi connectivity index (χ1v) is 10.7. The van der Waals surface area contributed by atoms with Crippen LogP contribution in [0, 0.1) is 5.82 Å². The predicted molar refractivity (Wildman–Crippen MR) is 117 cm³/mol. The van der Waals surface area contributed by atoms with Crippen LogP contribution in [-0.4, -0.2) is 24.7 Å². The SMILES string of the molecule is CC(C)(O)c1ccc(-c2ccc3nc4n(c3n2)C(c2cc(F)ccc2C(F)(F)F)CC4O)cc1. The summed E-state index contributed by atoms with van der Waals surface area (Å²) < 4.78 is 56.6. The molecule has 0 amide bonds. The van der Waals surface area contributed by atoms with Crippen LogP contribution in [0.2, 0.25) is 0 Å². The lowest BCUT2D eigenvalue weighted by atomic mass is 9.96. The fraction of sp³-hybridized carbons (Fsp3) is 0.280. The van der Waals surface area contributed by atoms with E-state index in [0.29, 0.717) is 16.9 Å². The van der Waals surface area contributed by atoms with Crippen LogP contribution in [0.5, 0.6) is 0 Å². The van der Waals surface area contributed by atoms with Gasteiger partial charge in [0, 0.05) is 12.0 Å². The zero-order valence-electron chi connectivity index (χ0n) is 18.3. The molecule has 2 atom stereocenters. The van der Waals surface area contributed by atoms with Crippen LogP contribution in [0.15, 0.2) is 54.6 Å². The summed E-state index contributed by atoms with van der Waals surface area (Å²) >= 11 is 0. The average molecular weight is 471 g/mol. The smallest absolute Gasteiger partial charge is 0.386 e. The Hall–Kier alpha value is -3.30. The van der Waals surface area contributed by atoms with E-state index in [1.807, 2.05) is 0 Å². The van der Waals surface area contributed by atoms with Gasteiger partial charge in [-0.2, -0.15) is 13.2 Å². The lowest BCUT2D eigenvalue weighted by Crippen LogP contribution is -2.15. The molecule has 1 aliphatic heterocycles. The van der Waals surface area contributed by atoms with Crippen LogP contribution < -0.4 is 0 Å². The van der Waals surface area contributed by atoms with Crippen molar-refractivity contribution in [3.63, 3.8) is 0 Å². The summed E-state index contributed by atoms with van der Waals surface area (Å²) in [6.07, 6.45) is -5.87. The average Bonchev–Trinajstić information content (AvgIpc) is 3.29. The quantitative estimate of drug-likeness (QED) is 0.387. The second-order valence-electron chi connectivity index (χ2n) is 9.01. The van der Waals surface area contributed by atoms with Gasteiger partial charge in [-0.15, -0.1) is 0 Å². The van der Waals surface area contributed by atoms with Crippen LogP contribution in [0.3, 0.4) is 0 Å². The highest BCUT2D eigenvalue weighted by molar-refractivity contribution is 5.77. The van der Waals surface area contributed by atoms with Crippen molar-refractivity contribution in [2.75, 3.05) is 0 Å². The fourth-order valence-corrected chi connectivity index (χ4v) is 4.50. The van der Waals surface area contributed by atoms with E-state index >= 15 is 0 Å². The van der Waals surface area contributed by atoms with Crippen molar-refractivity contribution >= 4 is 11.2 Å². The number of aliphatic hydroxyl groups is 2. The van der Waals surface area contributed by atoms with Gasteiger partial charge in [-0.3, -0.25) is 0 Å². The van der Waals surface area contributed by atoms with Gasteiger partial charge >= 0.3 is 6.18 Å². The van der Waals surface area contributed by atoms with E-state index in [9.17, 15) is 27.8 Å². The maximum absolute atomic E-state index is 14.0. The Morgan fingerprint density at radius 3 is 2.32 bits per heavy atom. The van der Waals surface area contributed by atoms with Crippen molar-refractivity contribution in [2.24, 2.45) is 0 Å². The zero-order chi connectivity index (χ0) is 24.4. The predicted octanol–water partition coefficient (Wildman–Crippen LogP) is 5.51. The standard InChI is InChI=1S/C25H21F4N3O2/c1-24(2,34)14-5-3-13(4-6-14)18-9-10-19-22(30-18)32-20(12-21(33)23(32)31-19)16-11-15(26)7-8-17(16)25(27,28)29/h3-11,20-21,33-34H,12H2,1-2H3. The van der Waals surface area contributed by atoms with Gasteiger partial charge in [0.15, 0.2) is 5.65 Å². The Bertz CT molecular complexity index is 1390. The van der Waals surface area contributed by atoms with E-state index < -0.39 is 35.3 Å². The number of halogens is 4.